The Bertz CT molecular complexity index is 1580. The number of nitrogens with zero attached hydrogens (tertiary/aromatic N) is 1. The lowest BCUT2D eigenvalue weighted by atomic mass is 10.1. The summed E-state index contributed by atoms with van der Waals surface area (Å²) in [5.41, 5.74) is 5.55. The molecule has 192 valence electrons. The number of carbonyl (C=O) groups is 2. The minimum atomic E-state index is -0.295. The van der Waals surface area contributed by atoms with Crippen LogP contribution in [0.5, 0.6) is 0 Å². The molecule has 0 saturated carbocycles. The summed E-state index contributed by atoms with van der Waals surface area (Å²) < 4.78 is 0. The maximum atomic E-state index is 13.6. The second kappa shape index (κ2) is 11.7. The summed E-state index contributed by atoms with van der Waals surface area (Å²) in [5, 5.41) is 6.40. The Kier molecular flexibility index (Phi) is 7.71. The fourth-order valence-corrected chi connectivity index (χ4v) is 4.47. The van der Waals surface area contributed by atoms with E-state index in [0.717, 1.165) is 22.6 Å². The molecular formula is C33H26ClN3O2. The van der Waals surface area contributed by atoms with Gasteiger partial charge >= 0.3 is 0 Å². The van der Waals surface area contributed by atoms with Crippen molar-refractivity contribution < 1.29 is 9.59 Å². The number of carbonyl (C=O) groups excluding carboxylic acids is 2. The average Bonchev–Trinajstić information content (AvgIpc) is 2.97. The quantitative estimate of drug-likeness (QED) is 0.221. The van der Waals surface area contributed by atoms with Crippen LogP contribution in [-0.4, -0.2) is 11.8 Å². The zero-order chi connectivity index (χ0) is 27.2. The first kappa shape index (κ1) is 25.8. The van der Waals surface area contributed by atoms with E-state index in [-0.39, 0.29) is 11.8 Å². The molecule has 0 aliphatic carbocycles. The summed E-state index contributed by atoms with van der Waals surface area (Å²) in [6.45, 7) is 1.90. The fourth-order valence-electron chi connectivity index (χ4n) is 4.30. The summed E-state index contributed by atoms with van der Waals surface area (Å²) in [6, 6.07) is 39.5. The summed E-state index contributed by atoms with van der Waals surface area (Å²) in [4.78, 5) is 28.6. The van der Waals surface area contributed by atoms with Crippen LogP contribution in [0.1, 0.15) is 26.3 Å². The number of aryl methyl sites for hydroxylation is 1. The Labute approximate surface area is 232 Å². The number of hydrogen-bond donors (Lipinski definition) is 2. The van der Waals surface area contributed by atoms with Crippen LogP contribution in [0, 0.1) is 6.92 Å². The van der Waals surface area contributed by atoms with Crippen LogP contribution >= 0.6 is 11.6 Å². The number of benzene rings is 5. The van der Waals surface area contributed by atoms with Crippen molar-refractivity contribution in [2.75, 3.05) is 15.5 Å². The summed E-state index contributed by atoms with van der Waals surface area (Å²) in [5.74, 6) is -0.582. The highest BCUT2D eigenvalue weighted by Gasteiger charge is 2.20. The molecule has 39 heavy (non-hydrogen) atoms. The van der Waals surface area contributed by atoms with Gasteiger partial charge in [0, 0.05) is 33.3 Å². The normalized spacial score (nSPS) is 10.5. The van der Waals surface area contributed by atoms with Crippen molar-refractivity contribution in [3.8, 4) is 0 Å². The predicted octanol–water partition coefficient (Wildman–Crippen LogP) is 8.62. The average molecular weight is 532 g/mol. The van der Waals surface area contributed by atoms with Gasteiger partial charge < -0.3 is 15.5 Å². The van der Waals surface area contributed by atoms with Gasteiger partial charge in [0.1, 0.15) is 0 Å². The number of nitrogens with one attached hydrogen (secondary N) is 2. The summed E-state index contributed by atoms with van der Waals surface area (Å²) >= 11 is 6.10. The van der Waals surface area contributed by atoms with Crippen molar-refractivity contribution in [2.24, 2.45) is 0 Å². The van der Waals surface area contributed by atoms with Gasteiger partial charge in [0.05, 0.1) is 11.3 Å². The van der Waals surface area contributed by atoms with Crippen molar-refractivity contribution in [1.29, 1.82) is 0 Å². The first-order valence-corrected chi connectivity index (χ1v) is 12.9. The summed E-state index contributed by atoms with van der Waals surface area (Å²) in [7, 11) is 0. The maximum Gasteiger partial charge on any atom is 0.257 e. The van der Waals surface area contributed by atoms with Crippen molar-refractivity contribution in [3.63, 3.8) is 0 Å². The molecular weight excluding hydrogens is 506 g/mol. The number of anilines is 5. The van der Waals surface area contributed by atoms with Gasteiger partial charge in [-0.3, -0.25) is 9.59 Å². The highest BCUT2D eigenvalue weighted by atomic mass is 35.5. The molecule has 0 fully saturated rings. The van der Waals surface area contributed by atoms with Crippen molar-refractivity contribution in [1.82, 2.24) is 0 Å². The van der Waals surface area contributed by atoms with Gasteiger partial charge in [-0.1, -0.05) is 72.3 Å². The van der Waals surface area contributed by atoms with Crippen molar-refractivity contribution in [2.45, 2.75) is 6.92 Å². The Morgan fingerprint density at radius 3 is 1.97 bits per heavy atom. The van der Waals surface area contributed by atoms with Crippen LogP contribution in [-0.2, 0) is 0 Å². The minimum Gasteiger partial charge on any atom is -0.322 e. The molecule has 5 aromatic carbocycles. The maximum absolute atomic E-state index is 13.6. The number of hydrogen-bond acceptors (Lipinski definition) is 3. The van der Waals surface area contributed by atoms with E-state index in [2.05, 4.69) is 10.6 Å². The molecule has 0 unspecified atom stereocenters. The number of para-hydroxylation sites is 3. The summed E-state index contributed by atoms with van der Waals surface area (Å²) in [6.07, 6.45) is 0. The van der Waals surface area contributed by atoms with Gasteiger partial charge in [0.2, 0.25) is 0 Å². The second-order valence-electron chi connectivity index (χ2n) is 8.97. The molecule has 0 radical (unpaired) electrons. The second-order valence-corrected chi connectivity index (χ2v) is 9.41. The van der Waals surface area contributed by atoms with Gasteiger partial charge in [-0.05, 0) is 79.2 Å². The Hall–Kier alpha value is -4.87. The Morgan fingerprint density at radius 2 is 1.28 bits per heavy atom. The Balaban J connectivity index is 1.43. The molecule has 5 rings (SSSR count). The van der Waals surface area contributed by atoms with E-state index < -0.39 is 0 Å². The molecule has 5 nitrogen and oxygen atoms in total. The molecule has 0 atom stereocenters. The first-order valence-electron chi connectivity index (χ1n) is 12.5. The van der Waals surface area contributed by atoms with Gasteiger partial charge in [-0.15, -0.1) is 0 Å². The topological polar surface area (TPSA) is 61.4 Å². The fraction of sp³-hybridized carbons (Fsp3) is 0.0303. The largest absolute Gasteiger partial charge is 0.322 e. The third kappa shape index (κ3) is 6.00. The van der Waals surface area contributed by atoms with Crippen LogP contribution in [0.4, 0.5) is 28.4 Å². The van der Waals surface area contributed by atoms with E-state index in [1.54, 1.807) is 42.5 Å². The molecule has 0 aliphatic rings. The third-order valence-corrected chi connectivity index (χ3v) is 6.48. The lowest BCUT2D eigenvalue weighted by molar-refractivity contribution is 0.101. The van der Waals surface area contributed by atoms with E-state index in [9.17, 15) is 9.59 Å². The van der Waals surface area contributed by atoms with Crippen molar-refractivity contribution >= 4 is 51.9 Å². The number of halogens is 1. The van der Waals surface area contributed by atoms with Crippen LogP contribution in [0.25, 0.3) is 0 Å². The van der Waals surface area contributed by atoms with Gasteiger partial charge in [-0.2, -0.15) is 0 Å². The lowest BCUT2D eigenvalue weighted by Crippen LogP contribution is -2.19. The van der Waals surface area contributed by atoms with Gasteiger partial charge in [0.25, 0.3) is 11.8 Å². The minimum absolute atomic E-state index is 0.286. The van der Waals surface area contributed by atoms with E-state index in [4.69, 9.17) is 11.6 Å². The standard InChI is InChI=1S/C33H26ClN3O2/c1-23-19-20-25(34)22-30(23)36-32(38)24-11-10-12-26(21-24)35-33(39)29-17-8-9-18-31(29)37(27-13-4-2-5-14-27)28-15-6-3-7-16-28/h2-22H,1H3,(H,35,39)(H,36,38). The molecule has 2 N–H and O–H groups in total. The van der Waals surface area contributed by atoms with E-state index in [0.29, 0.717) is 27.5 Å². The van der Waals surface area contributed by atoms with Gasteiger partial charge in [0.15, 0.2) is 0 Å². The molecule has 2 amide bonds. The Morgan fingerprint density at radius 1 is 0.641 bits per heavy atom. The van der Waals surface area contributed by atoms with Gasteiger partial charge in [-0.25, -0.2) is 0 Å². The number of amides is 2. The zero-order valence-corrected chi connectivity index (χ0v) is 22.0. The monoisotopic (exact) mass is 531 g/mol. The lowest BCUT2D eigenvalue weighted by Gasteiger charge is -2.27. The predicted molar refractivity (Wildman–Crippen MR) is 160 cm³/mol. The van der Waals surface area contributed by atoms with Crippen LogP contribution in [0.3, 0.4) is 0 Å². The van der Waals surface area contributed by atoms with Crippen molar-refractivity contribution in [3.05, 3.63) is 149 Å². The third-order valence-electron chi connectivity index (χ3n) is 6.25. The number of rotatable bonds is 7. The molecule has 0 heterocycles. The van der Waals surface area contributed by atoms with E-state index >= 15 is 0 Å². The molecule has 0 aliphatic heterocycles. The van der Waals surface area contributed by atoms with Crippen LogP contribution in [0.15, 0.2) is 127 Å². The highest BCUT2D eigenvalue weighted by Crippen LogP contribution is 2.36. The van der Waals surface area contributed by atoms with E-state index in [1.165, 1.54) is 0 Å². The first-order chi connectivity index (χ1) is 19.0. The molecule has 0 aromatic heterocycles. The van der Waals surface area contributed by atoms with Crippen LogP contribution < -0.4 is 15.5 Å². The zero-order valence-electron chi connectivity index (χ0n) is 21.3. The van der Waals surface area contributed by atoms with Crippen LogP contribution in [0.2, 0.25) is 5.02 Å². The molecule has 5 aromatic rings. The SMILES string of the molecule is Cc1ccc(Cl)cc1NC(=O)c1cccc(NC(=O)c2ccccc2N(c2ccccc2)c2ccccc2)c1. The highest BCUT2D eigenvalue weighted by molar-refractivity contribution is 6.31. The smallest absolute Gasteiger partial charge is 0.257 e. The molecule has 0 bridgehead atoms. The van der Waals surface area contributed by atoms with E-state index in [1.807, 2.05) is 96.8 Å². The molecule has 6 heteroatoms. The molecule has 0 saturated heterocycles. The molecule has 0 spiro atoms.